The van der Waals surface area contributed by atoms with Crippen molar-refractivity contribution in [2.24, 2.45) is 10.9 Å². The van der Waals surface area contributed by atoms with E-state index >= 15 is 0 Å². The third-order valence-corrected chi connectivity index (χ3v) is 5.39. The highest BCUT2D eigenvalue weighted by Crippen LogP contribution is 2.39. The van der Waals surface area contributed by atoms with Gasteiger partial charge in [0.15, 0.2) is 6.61 Å². The van der Waals surface area contributed by atoms with Crippen molar-refractivity contribution in [3.8, 4) is 5.75 Å². The van der Waals surface area contributed by atoms with Gasteiger partial charge in [0.1, 0.15) is 12.4 Å². The molecule has 0 saturated heterocycles. The van der Waals surface area contributed by atoms with Crippen LogP contribution in [0.2, 0.25) is 0 Å². The van der Waals surface area contributed by atoms with Gasteiger partial charge < -0.3 is 20.4 Å². The van der Waals surface area contributed by atoms with E-state index in [1.165, 1.54) is 11.1 Å². The molecule has 1 fully saturated rings. The first-order valence-corrected chi connectivity index (χ1v) is 9.85. The fourth-order valence-electron chi connectivity index (χ4n) is 3.68. The van der Waals surface area contributed by atoms with Crippen molar-refractivity contribution in [3.63, 3.8) is 0 Å². The number of rotatable bonds is 8. The van der Waals surface area contributed by atoms with Gasteiger partial charge in [-0.25, -0.2) is 0 Å². The molecule has 0 heterocycles. The second-order valence-electron chi connectivity index (χ2n) is 7.76. The Morgan fingerprint density at radius 2 is 2.00 bits per heavy atom. The van der Waals surface area contributed by atoms with Crippen molar-refractivity contribution in [1.29, 1.82) is 0 Å². The Balaban J connectivity index is 1.47. The molecule has 150 valence electrons. The molecule has 0 unspecified atom stereocenters. The summed E-state index contributed by atoms with van der Waals surface area (Å²) in [7, 11) is 0. The maximum Gasteiger partial charge on any atom is 0.151 e. The predicted molar refractivity (Wildman–Crippen MR) is 112 cm³/mol. The molecule has 3 N–H and O–H groups in total. The number of aryl methyl sites for hydroxylation is 1. The number of nitrogens with two attached hydrogens (primary N) is 1. The quantitative estimate of drug-likeness (QED) is 0.414. The molecular formula is C23H30N2O3. The first kappa shape index (κ1) is 20.4. The van der Waals surface area contributed by atoms with Gasteiger partial charge in [0.25, 0.3) is 0 Å². The monoisotopic (exact) mass is 382 g/mol. The second-order valence-corrected chi connectivity index (χ2v) is 7.76. The highest BCUT2D eigenvalue weighted by molar-refractivity contribution is 5.98. The molecule has 28 heavy (non-hydrogen) atoms. The van der Waals surface area contributed by atoms with Crippen LogP contribution in [0.5, 0.6) is 5.75 Å². The van der Waals surface area contributed by atoms with Gasteiger partial charge in [0.05, 0.1) is 12.3 Å². The zero-order chi connectivity index (χ0) is 20.0. The number of oxime groups is 1. The zero-order valence-electron chi connectivity index (χ0n) is 16.7. The average molecular weight is 383 g/mol. The molecule has 2 atom stereocenters. The summed E-state index contributed by atoms with van der Waals surface area (Å²) in [6.45, 7) is 4.87. The van der Waals surface area contributed by atoms with E-state index in [0.29, 0.717) is 19.1 Å². The smallest absolute Gasteiger partial charge is 0.151 e. The second kappa shape index (κ2) is 9.22. The Labute approximate surface area is 167 Å². The van der Waals surface area contributed by atoms with Gasteiger partial charge in [-0.3, -0.25) is 0 Å². The van der Waals surface area contributed by atoms with Gasteiger partial charge in [0.2, 0.25) is 0 Å². The first-order valence-electron chi connectivity index (χ1n) is 9.85. The van der Waals surface area contributed by atoms with E-state index in [4.69, 9.17) is 15.3 Å². The van der Waals surface area contributed by atoms with Crippen molar-refractivity contribution < 1.29 is 14.7 Å². The maximum atomic E-state index is 9.44. The number of benzene rings is 2. The molecule has 0 radical (unpaired) electrons. The van der Waals surface area contributed by atoms with Crippen LogP contribution in [0.3, 0.4) is 0 Å². The first-order chi connectivity index (χ1) is 13.5. The van der Waals surface area contributed by atoms with Crippen molar-refractivity contribution in [3.05, 3.63) is 65.2 Å². The topological polar surface area (TPSA) is 77.1 Å². The van der Waals surface area contributed by atoms with Crippen LogP contribution in [0.1, 0.15) is 48.8 Å². The van der Waals surface area contributed by atoms with E-state index in [-0.39, 0.29) is 6.61 Å². The van der Waals surface area contributed by atoms with Crippen molar-refractivity contribution in [2.45, 2.75) is 44.6 Å². The van der Waals surface area contributed by atoms with Gasteiger partial charge in [-0.2, -0.15) is 0 Å². The van der Waals surface area contributed by atoms with E-state index in [1.54, 1.807) is 0 Å². The minimum absolute atomic E-state index is 0.0539. The molecule has 5 nitrogen and oxygen atoms in total. The summed E-state index contributed by atoms with van der Waals surface area (Å²) in [6, 6.07) is 16.3. The molecule has 0 spiro atoms. The van der Waals surface area contributed by atoms with Gasteiger partial charge in [-0.1, -0.05) is 41.6 Å². The molecule has 3 rings (SSSR count). The molecule has 0 aromatic heterocycles. The molecule has 2 aromatic rings. The lowest BCUT2D eigenvalue weighted by atomic mass is 9.93. The Bertz CT molecular complexity index is 804. The lowest BCUT2D eigenvalue weighted by Gasteiger charge is -2.20. The summed E-state index contributed by atoms with van der Waals surface area (Å²) < 4.78 is 5.65. The van der Waals surface area contributed by atoms with Crippen LogP contribution in [0.15, 0.2) is 53.7 Å². The molecule has 0 bridgehead atoms. The summed E-state index contributed by atoms with van der Waals surface area (Å²) in [4.78, 5) is 5.39. The number of hydrogen-bond acceptors (Lipinski definition) is 5. The minimum atomic E-state index is -0.422. The number of aliphatic hydroxyl groups is 1. The van der Waals surface area contributed by atoms with Crippen LogP contribution in [-0.2, 0) is 4.84 Å². The van der Waals surface area contributed by atoms with Crippen LogP contribution < -0.4 is 10.5 Å². The number of hydrogen-bond donors (Lipinski definition) is 2. The molecule has 0 aliphatic heterocycles. The standard InChI is InChI=1S/C23H30N2O3/c1-17-4-3-5-22(14-17)27-12-13-28-25-18(2)19-6-8-20(9-7-19)21-10-11-23(24,15-21)16-26/h3-9,14,21,26H,10-13,15-16,24H2,1-2H3/b25-18+/t21-,23-/m1/s1. The summed E-state index contributed by atoms with van der Waals surface area (Å²) in [6.07, 6.45) is 2.72. The van der Waals surface area contributed by atoms with Crippen LogP contribution in [-0.4, -0.2) is 36.2 Å². The third-order valence-electron chi connectivity index (χ3n) is 5.39. The number of aliphatic hydroxyl groups excluding tert-OH is 1. The number of ether oxygens (including phenoxy) is 1. The van der Waals surface area contributed by atoms with Crippen LogP contribution >= 0.6 is 0 Å². The van der Waals surface area contributed by atoms with E-state index in [9.17, 15) is 5.11 Å². The lowest BCUT2D eigenvalue weighted by Crippen LogP contribution is -2.40. The maximum absolute atomic E-state index is 9.44. The van der Waals surface area contributed by atoms with Gasteiger partial charge in [0, 0.05) is 5.54 Å². The van der Waals surface area contributed by atoms with Gasteiger partial charge in [-0.15, -0.1) is 0 Å². The highest BCUT2D eigenvalue weighted by atomic mass is 16.6. The summed E-state index contributed by atoms with van der Waals surface area (Å²) in [5.41, 5.74) is 10.1. The van der Waals surface area contributed by atoms with Crippen LogP contribution in [0.25, 0.3) is 0 Å². The van der Waals surface area contributed by atoms with E-state index in [2.05, 4.69) is 29.4 Å². The Kier molecular flexibility index (Phi) is 6.70. The van der Waals surface area contributed by atoms with E-state index in [0.717, 1.165) is 36.3 Å². The molecular weight excluding hydrogens is 352 g/mol. The van der Waals surface area contributed by atoms with Gasteiger partial charge in [-0.05, 0) is 67.9 Å². The highest BCUT2D eigenvalue weighted by Gasteiger charge is 2.35. The van der Waals surface area contributed by atoms with Crippen molar-refractivity contribution in [1.82, 2.24) is 0 Å². The third kappa shape index (κ3) is 5.33. The lowest BCUT2D eigenvalue weighted by molar-refractivity contribution is 0.107. The predicted octanol–water partition coefficient (Wildman–Crippen LogP) is 3.77. The molecule has 1 aliphatic carbocycles. The molecule has 2 aromatic carbocycles. The van der Waals surface area contributed by atoms with Gasteiger partial charge >= 0.3 is 0 Å². The van der Waals surface area contributed by atoms with Crippen molar-refractivity contribution >= 4 is 5.71 Å². The number of nitrogens with zero attached hydrogens (tertiary/aromatic N) is 1. The fourth-order valence-corrected chi connectivity index (χ4v) is 3.68. The van der Waals surface area contributed by atoms with Crippen molar-refractivity contribution in [2.75, 3.05) is 19.8 Å². The summed E-state index contributed by atoms with van der Waals surface area (Å²) in [5.74, 6) is 1.26. The van der Waals surface area contributed by atoms with Crippen LogP contribution in [0.4, 0.5) is 0 Å². The molecule has 5 heteroatoms. The molecule has 1 saturated carbocycles. The summed E-state index contributed by atoms with van der Waals surface area (Å²) >= 11 is 0. The zero-order valence-corrected chi connectivity index (χ0v) is 16.7. The fraction of sp³-hybridized carbons (Fsp3) is 0.435. The molecule has 1 aliphatic rings. The Morgan fingerprint density at radius 1 is 1.21 bits per heavy atom. The molecule has 0 amide bonds. The minimum Gasteiger partial charge on any atom is -0.490 e. The normalized spacial score (nSPS) is 22.3. The van der Waals surface area contributed by atoms with Crippen LogP contribution in [0, 0.1) is 6.92 Å². The van der Waals surface area contributed by atoms with E-state index < -0.39 is 5.54 Å². The average Bonchev–Trinajstić information content (AvgIpc) is 3.11. The Morgan fingerprint density at radius 3 is 2.68 bits per heavy atom. The summed E-state index contributed by atoms with van der Waals surface area (Å²) in [5, 5.41) is 13.6. The van der Waals surface area contributed by atoms with E-state index in [1.807, 2.05) is 38.1 Å². The SMILES string of the molecule is C/C(=N\OCCOc1cccc(C)c1)c1ccc([C@@H]2CC[C@](N)(CO)C2)cc1. The largest absolute Gasteiger partial charge is 0.490 e. The Hall–Kier alpha value is -2.37.